The van der Waals surface area contributed by atoms with E-state index in [9.17, 15) is 9.90 Å². The molecule has 3 aromatic rings. The third-order valence-electron chi connectivity index (χ3n) is 6.15. The monoisotopic (exact) mass is 370 g/mol. The van der Waals surface area contributed by atoms with Crippen molar-refractivity contribution in [2.75, 3.05) is 6.54 Å². The molecule has 0 fully saturated rings. The van der Waals surface area contributed by atoms with Gasteiger partial charge in [-0.2, -0.15) is 0 Å². The van der Waals surface area contributed by atoms with Gasteiger partial charge in [0.05, 0.1) is 11.1 Å². The number of carbonyl (C=O) groups excluding carboxylic acids is 1. The zero-order valence-corrected chi connectivity index (χ0v) is 15.8. The molecule has 0 saturated heterocycles. The van der Waals surface area contributed by atoms with Crippen LogP contribution in [0.1, 0.15) is 35.0 Å². The number of phenolic OH excluding ortho intramolecular Hbond substituents is 1. The Morgan fingerprint density at radius 2 is 1.96 bits per heavy atom. The molecule has 2 N–H and O–H groups in total. The van der Waals surface area contributed by atoms with Gasteiger partial charge in [-0.3, -0.25) is 4.79 Å². The van der Waals surface area contributed by atoms with E-state index in [1.807, 2.05) is 12.3 Å². The van der Waals surface area contributed by atoms with Crippen molar-refractivity contribution in [3.63, 3.8) is 0 Å². The Bertz CT molecular complexity index is 1150. The highest BCUT2D eigenvalue weighted by Gasteiger charge is 2.42. The first kappa shape index (κ1) is 16.9. The van der Waals surface area contributed by atoms with Crippen LogP contribution in [0.5, 0.6) is 5.75 Å². The normalized spacial score (nSPS) is 20.6. The molecule has 1 aromatic heterocycles. The summed E-state index contributed by atoms with van der Waals surface area (Å²) < 4.78 is 0. The number of phenols is 1. The van der Waals surface area contributed by atoms with E-state index in [0.717, 1.165) is 24.9 Å². The lowest BCUT2D eigenvalue weighted by atomic mass is 9.80. The van der Waals surface area contributed by atoms with Crippen LogP contribution in [0.15, 0.2) is 72.5 Å². The average Bonchev–Trinajstić information content (AvgIpc) is 3.12. The van der Waals surface area contributed by atoms with E-state index in [-0.39, 0.29) is 17.1 Å². The van der Waals surface area contributed by atoms with Gasteiger partial charge in [-0.1, -0.05) is 49.4 Å². The number of hydrogen-bond acceptors (Lipinski definition) is 3. The highest BCUT2D eigenvalue weighted by Crippen LogP contribution is 2.44. The Labute approximate surface area is 163 Å². The van der Waals surface area contributed by atoms with Crippen molar-refractivity contribution in [2.24, 2.45) is 0 Å². The molecule has 0 saturated carbocycles. The summed E-state index contributed by atoms with van der Waals surface area (Å²) >= 11 is 0. The van der Waals surface area contributed by atoms with Crippen LogP contribution >= 0.6 is 0 Å². The van der Waals surface area contributed by atoms with Gasteiger partial charge in [0.25, 0.3) is 0 Å². The second-order valence-corrected chi connectivity index (χ2v) is 7.51. The molecular weight excluding hydrogens is 348 g/mol. The molecule has 0 aliphatic carbocycles. The molecule has 0 bridgehead atoms. The predicted molar refractivity (Wildman–Crippen MR) is 110 cm³/mol. The number of fused-ring (bicyclic) bond motifs is 5. The number of benzene rings is 2. The summed E-state index contributed by atoms with van der Waals surface area (Å²) in [7, 11) is 0. The lowest BCUT2D eigenvalue weighted by Gasteiger charge is -2.46. The Morgan fingerprint density at radius 3 is 2.79 bits per heavy atom. The van der Waals surface area contributed by atoms with Gasteiger partial charge in [0.15, 0.2) is 5.78 Å². The molecule has 0 amide bonds. The van der Waals surface area contributed by atoms with Crippen LogP contribution in [-0.2, 0) is 12.0 Å². The molecule has 4 nitrogen and oxygen atoms in total. The number of aromatic nitrogens is 1. The first-order valence-electron chi connectivity index (χ1n) is 9.74. The fourth-order valence-electron chi connectivity index (χ4n) is 4.66. The molecule has 5 rings (SSSR count). The van der Waals surface area contributed by atoms with Crippen LogP contribution in [0.3, 0.4) is 0 Å². The molecule has 0 spiro atoms. The summed E-state index contributed by atoms with van der Waals surface area (Å²) in [6.45, 7) is 3.03. The lowest BCUT2D eigenvalue weighted by molar-refractivity contribution is 0.102. The third-order valence-corrected chi connectivity index (χ3v) is 6.15. The molecule has 2 aromatic carbocycles. The minimum atomic E-state index is -0.269. The molecule has 2 aliphatic heterocycles. The standard InChI is InChI=1S/C24H22N2O2/c1-2-24-13-11-16(22(28)19-8-4-6-10-21(19)27)15-26(24)14-12-18-17-7-3-5-9-20(17)25-23(18)24/h3-11,13,15,25,27H,2,12,14H2,1H3. The number of rotatable bonds is 3. The van der Waals surface area contributed by atoms with E-state index in [0.29, 0.717) is 11.1 Å². The maximum Gasteiger partial charge on any atom is 0.198 e. The van der Waals surface area contributed by atoms with Gasteiger partial charge in [-0.25, -0.2) is 0 Å². The zero-order chi connectivity index (χ0) is 19.3. The number of H-pyrrole nitrogens is 1. The number of ketones is 1. The summed E-state index contributed by atoms with van der Waals surface area (Å²) in [6, 6.07) is 15.2. The second-order valence-electron chi connectivity index (χ2n) is 7.51. The molecule has 140 valence electrons. The van der Waals surface area contributed by atoms with Crippen LogP contribution in [0.4, 0.5) is 0 Å². The highest BCUT2D eigenvalue weighted by atomic mass is 16.3. The van der Waals surface area contributed by atoms with Gasteiger partial charge >= 0.3 is 0 Å². The largest absolute Gasteiger partial charge is 0.507 e. The lowest BCUT2D eigenvalue weighted by Crippen LogP contribution is -2.47. The zero-order valence-electron chi connectivity index (χ0n) is 15.8. The van der Waals surface area contributed by atoms with Crippen molar-refractivity contribution in [2.45, 2.75) is 25.3 Å². The molecule has 1 unspecified atom stereocenters. The molecule has 1 atom stereocenters. The van der Waals surface area contributed by atoms with Gasteiger partial charge in [0.1, 0.15) is 5.75 Å². The summed E-state index contributed by atoms with van der Waals surface area (Å²) in [5.74, 6) is -0.132. The van der Waals surface area contributed by atoms with E-state index in [2.05, 4.69) is 47.1 Å². The summed E-state index contributed by atoms with van der Waals surface area (Å²) in [5, 5.41) is 11.4. The quantitative estimate of drug-likeness (QED) is 0.659. The van der Waals surface area contributed by atoms with Crippen molar-refractivity contribution >= 4 is 16.7 Å². The number of Topliss-reactive ketones (excluding diaryl/α,β-unsaturated/α-hetero) is 1. The third kappa shape index (κ3) is 2.27. The number of aromatic amines is 1. The van der Waals surface area contributed by atoms with Crippen LogP contribution < -0.4 is 0 Å². The van der Waals surface area contributed by atoms with E-state index in [1.54, 1.807) is 24.3 Å². The number of nitrogens with one attached hydrogen (secondary N) is 1. The maximum absolute atomic E-state index is 13.0. The molecule has 2 aliphatic rings. The molecule has 4 heteroatoms. The number of carbonyl (C=O) groups is 1. The SMILES string of the molecule is CCC12C=CC(C(=O)c3ccccc3O)=CN1CCc1c2[nH]c2ccccc12. The van der Waals surface area contributed by atoms with Crippen molar-refractivity contribution in [3.05, 3.63) is 89.3 Å². The number of nitrogens with zero attached hydrogens (tertiary/aromatic N) is 1. The Morgan fingerprint density at radius 1 is 1.18 bits per heavy atom. The molecule has 0 radical (unpaired) electrons. The Kier molecular flexibility index (Phi) is 3.69. The number of para-hydroxylation sites is 2. The highest BCUT2D eigenvalue weighted by molar-refractivity contribution is 6.12. The van der Waals surface area contributed by atoms with Gasteiger partial charge in [-0.05, 0) is 36.6 Å². The number of allylic oxidation sites excluding steroid dienone is 2. The summed E-state index contributed by atoms with van der Waals surface area (Å²) in [6.07, 6.45) is 7.86. The van der Waals surface area contributed by atoms with Crippen molar-refractivity contribution < 1.29 is 9.90 Å². The smallest absolute Gasteiger partial charge is 0.198 e. The molecular formula is C24H22N2O2. The van der Waals surface area contributed by atoms with Crippen molar-refractivity contribution in [3.8, 4) is 5.75 Å². The first-order chi connectivity index (χ1) is 13.6. The Balaban J connectivity index is 1.59. The second kappa shape index (κ2) is 6.13. The predicted octanol–water partition coefficient (Wildman–Crippen LogP) is 4.67. The average molecular weight is 370 g/mol. The van der Waals surface area contributed by atoms with E-state index in [4.69, 9.17) is 0 Å². The van der Waals surface area contributed by atoms with Gasteiger partial charge in [0, 0.05) is 34.9 Å². The van der Waals surface area contributed by atoms with E-state index < -0.39 is 0 Å². The van der Waals surface area contributed by atoms with E-state index in [1.165, 1.54) is 16.6 Å². The fraction of sp³-hybridized carbons (Fsp3) is 0.208. The van der Waals surface area contributed by atoms with E-state index >= 15 is 0 Å². The first-order valence-corrected chi connectivity index (χ1v) is 9.74. The van der Waals surface area contributed by atoms with Crippen LogP contribution in [-0.4, -0.2) is 27.3 Å². The maximum atomic E-state index is 13.0. The van der Waals surface area contributed by atoms with Crippen LogP contribution in [0.25, 0.3) is 10.9 Å². The number of aromatic hydroxyl groups is 1. The topological polar surface area (TPSA) is 56.3 Å². The van der Waals surface area contributed by atoms with Crippen molar-refractivity contribution in [1.82, 2.24) is 9.88 Å². The summed E-state index contributed by atoms with van der Waals surface area (Å²) in [5.41, 5.74) is 4.44. The van der Waals surface area contributed by atoms with Gasteiger partial charge in [-0.15, -0.1) is 0 Å². The molecule has 3 heterocycles. The molecule has 28 heavy (non-hydrogen) atoms. The van der Waals surface area contributed by atoms with Crippen molar-refractivity contribution in [1.29, 1.82) is 0 Å². The van der Waals surface area contributed by atoms with Crippen LogP contribution in [0, 0.1) is 0 Å². The van der Waals surface area contributed by atoms with Crippen LogP contribution in [0.2, 0.25) is 0 Å². The number of hydrogen-bond donors (Lipinski definition) is 2. The minimum absolute atomic E-state index is 0.0191. The fourth-order valence-corrected chi connectivity index (χ4v) is 4.66. The van der Waals surface area contributed by atoms with Gasteiger partial charge in [0.2, 0.25) is 0 Å². The van der Waals surface area contributed by atoms with Gasteiger partial charge < -0.3 is 15.0 Å². The minimum Gasteiger partial charge on any atom is -0.507 e. The summed E-state index contributed by atoms with van der Waals surface area (Å²) in [4.78, 5) is 18.9. The Hall–Kier alpha value is -3.27.